The van der Waals surface area contributed by atoms with Crippen molar-refractivity contribution >= 4 is 40.8 Å². The Kier molecular flexibility index (Phi) is 8.54. The molecular formula is C25H23Cl2FN2O4. The third-order valence-corrected chi connectivity index (χ3v) is 5.88. The summed E-state index contributed by atoms with van der Waals surface area (Å²) in [7, 11) is 1.26. The number of hydrogen-bond donors (Lipinski definition) is 0. The predicted octanol–water partition coefficient (Wildman–Crippen LogP) is 5.50. The molecule has 1 aromatic heterocycles. The number of terminal acetylenes is 1. The molecule has 1 aromatic carbocycles. The molecule has 0 N–H and O–H groups in total. The molecule has 0 radical (unpaired) electrons. The van der Waals surface area contributed by atoms with E-state index in [0.29, 0.717) is 24.0 Å². The van der Waals surface area contributed by atoms with Crippen molar-refractivity contribution in [2.45, 2.75) is 45.3 Å². The number of aromatic nitrogens is 1. The van der Waals surface area contributed by atoms with Gasteiger partial charge in [0.15, 0.2) is 6.10 Å². The van der Waals surface area contributed by atoms with Gasteiger partial charge in [0.05, 0.1) is 24.4 Å². The summed E-state index contributed by atoms with van der Waals surface area (Å²) in [5, 5.41) is 0.289. The second-order valence-electron chi connectivity index (χ2n) is 7.70. The number of benzene rings is 1. The van der Waals surface area contributed by atoms with Crippen LogP contribution in [-0.4, -0.2) is 30.1 Å². The average molecular weight is 505 g/mol. The summed E-state index contributed by atoms with van der Waals surface area (Å²) in [4.78, 5) is 31.4. The Balaban J connectivity index is 2.13. The molecule has 1 unspecified atom stereocenters. The lowest BCUT2D eigenvalue weighted by Gasteiger charge is -2.28. The highest BCUT2D eigenvalue weighted by molar-refractivity contribution is 6.32. The Morgan fingerprint density at radius 3 is 2.56 bits per heavy atom. The largest absolute Gasteiger partial charge is 0.476 e. The highest BCUT2D eigenvalue weighted by Gasteiger charge is 2.30. The fraction of sp³-hybridized carbons (Fsp3) is 0.320. The first-order chi connectivity index (χ1) is 16.2. The molecule has 1 aliphatic carbocycles. The van der Waals surface area contributed by atoms with Crippen molar-refractivity contribution < 1.29 is 23.5 Å². The summed E-state index contributed by atoms with van der Waals surface area (Å²) in [5.41, 5.74) is 1.10. The summed E-state index contributed by atoms with van der Waals surface area (Å²) in [5.74, 6) is 0.710. The van der Waals surface area contributed by atoms with Gasteiger partial charge in [0.2, 0.25) is 0 Å². The van der Waals surface area contributed by atoms with Crippen LogP contribution in [0.15, 0.2) is 41.6 Å². The van der Waals surface area contributed by atoms with E-state index in [1.54, 1.807) is 19.1 Å². The monoisotopic (exact) mass is 504 g/mol. The molecule has 3 rings (SSSR count). The number of carbonyl (C=O) groups is 2. The van der Waals surface area contributed by atoms with E-state index in [-0.39, 0.29) is 33.7 Å². The number of nitrogens with zero attached hydrogens (tertiary/aromatic N) is 2. The van der Waals surface area contributed by atoms with Gasteiger partial charge < -0.3 is 14.4 Å². The number of pyridine rings is 1. The lowest BCUT2D eigenvalue weighted by Crippen LogP contribution is -2.34. The molecule has 6 nitrogen and oxygen atoms in total. The van der Waals surface area contributed by atoms with E-state index in [2.05, 4.69) is 10.9 Å². The molecule has 2 aromatic rings. The summed E-state index contributed by atoms with van der Waals surface area (Å²) in [6.07, 6.45) is 8.49. The van der Waals surface area contributed by atoms with Crippen molar-refractivity contribution in [3.8, 4) is 18.1 Å². The molecule has 0 bridgehead atoms. The zero-order chi connectivity index (χ0) is 24.8. The average Bonchev–Trinajstić information content (AvgIpc) is 2.84. The van der Waals surface area contributed by atoms with Gasteiger partial charge in [-0.3, -0.25) is 4.79 Å². The first kappa shape index (κ1) is 25.5. The van der Waals surface area contributed by atoms with E-state index >= 15 is 4.39 Å². The standard InChI is InChI=1S/C25H23Cl2FN2O4/c1-4-15(2)34-22-12-21(20(28)11-19(22)26)30(14-16-9-10-23(27)29-13-16)24(31)17-7-5-6-8-18(17)25(32)33-3/h1,9-13,15H,5-8,14H2,2-3H3. The second-order valence-corrected chi connectivity index (χ2v) is 8.49. The highest BCUT2D eigenvalue weighted by atomic mass is 35.5. The number of ether oxygens (including phenoxy) is 2. The zero-order valence-corrected chi connectivity index (χ0v) is 20.3. The molecular weight excluding hydrogens is 482 g/mol. The van der Waals surface area contributed by atoms with Crippen molar-refractivity contribution in [3.63, 3.8) is 0 Å². The maximum atomic E-state index is 15.2. The Labute approximate surface area is 207 Å². The van der Waals surface area contributed by atoms with Crippen LogP contribution in [0.4, 0.5) is 10.1 Å². The van der Waals surface area contributed by atoms with Crippen LogP contribution in [-0.2, 0) is 20.9 Å². The molecule has 34 heavy (non-hydrogen) atoms. The minimum absolute atomic E-state index is 0.0102. The van der Waals surface area contributed by atoms with Gasteiger partial charge in [-0.1, -0.05) is 35.2 Å². The van der Waals surface area contributed by atoms with Crippen molar-refractivity contribution in [2.24, 2.45) is 0 Å². The predicted molar refractivity (Wildman–Crippen MR) is 128 cm³/mol. The van der Waals surface area contributed by atoms with Gasteiger partial charge >= 0.3 is 5.97 Å². The number of carbonyl (C=O) groups excluding carboxylic acids is 2. The maximum absolute atomic E-state index is 15.2. The minimum atomic E-state index is -0.739. The normalized spacial score (nSPS) is 14.2. The van der Waals surface area contributed by atoms with E-state index in [1.807, 2.05) is 0 Å². The van der Waals surface area contributed by atoms with Crippen molar-refractivity contribution in [3.05, 3.63) is 63.2 Å². The fourth-order valence-corrected chi connectivity index (χ4v) is 3.95. The molecule has 1 atom stereocenters. The van der Waals surface area contributed by atoms with Gasteiger partial charge in [-0.25, -0.2) is 14.2 Å². The number of amides is 1. The molecule has 0 saturated carbocycles. The summed E-state index contributed by atoms with van der Waals surface area (Å²) in [6.45, 7) is 1.60. The third kappa shape index (κ3) is 5.88. The first-order valence-corrected chi connectivity index (χ1v) is 11.3. The van der Waals surface area contributed by atoms with Crippen LogP contribution in [0.2, 0.25) is 10.2 Å². The van der Waals surface area contributed by atoms with E-state index in [9.17, 15) is 9.59 Å². The van der Waals surface area contributed by atoms with Crippen molar-refractivity contribution in [1.29, 1.82) is 0 Å². The Bertz CT molecular complexity index is 1160. The molecule has 178 valence electrons. The highest BCUT2D eigenvalue weighted by Crippen LogP contribution is 2.36. The van der Waals surface area contributed by atoms with Gasteiger partial charge in [-0.2, -0.15) is 0 Å². The molecule has 0 saturated heterocycles. The molecule has 0 fully saturated rings. The molecule has 0 spiro atoms. The minimum Gasteiger partial charge on any atom is -0.476 e. The van der Waals surface area contributed by atoms with Crippen molar-refractivity contribution in [2.75, 3.05) is 12.0 Å². The van der Waals surface area contributed by atoms with Crippen LogP contribution in [0, 0.1) is 18.2 Å². The third-order valence-electron chi connectivity index (χ3n) is 5.36. The second kappa shape index (κ2) is 11.4. The van der Waals surface area contributed by atoms with Crippen LogP contribution in [0.1, 0.15) is 38.2 Å². The van der Waals surface area contributed by atoms with Gasteiger partial charge in [0.25, 0.3) is 5.91 Å². The van der Waals surface area contributed by atoms with Crippen LogP contribution in [0.25, 0.3) is 0 Å². The van der Waals surface area contributed by atoms with Crippen LogP contribution < -0.4 is 9.64 Å². The number of anilines is 1. The van der Waals surface area contributed by atoms with Gasteiger partial charge in [0, 0.05) is 23.4 Å². The molecule has 1 aliphatic rings. The number of hydrogen-bond acceptors (Lipinski definition) is 5. The summed E-state index contributed by atoms with van der Waals surface area (Å²) >= 11 is 12.1. The number of rotatable bonds is 7. The molecule has 1 amide bonds. The van der Waals surface area contributed by atoms with Crippen LogP contribution in [0.5, 0.6) is 5.75 Å². The van der Waals surface area contributed by atoms with Gasteiger partial charge in [-0.15, -0.1) is 6.42 Å². The zero-order valence-electron chi connectivity index (χ0n) is 18.7. The van der Waals surface area contributed by atoms with Crippen LogP contribution >= 0.6 is 23.2 Å². The van der Waals surface area contributed by atoms with E-state index in [1.165, 1.54) is 24.3 Å². The summed E-state index contributed by atoms with van der Waals surface area (Å²) in [6, 6.07) is 5.64. The van der Waals surface area contributed by atoms with E-state index < -0.39 is 23.8 Å². The Hall–Kier alpha value is -3.08. The van der Waals surface area contributed by atoms with Gasteiger partial charge in [0.1, 0.15) is 16.7 Å². The Morgan fingerprint density at radius 1 is 1.24 bits per heavy atom. The Morgan fingerprint density at radius 2 is 1.94 bits per heavy atom. The number of esters is 1. The van der Waals surface area contributed by atoms with Gasteiger partial charge in [-0.05, 0) is 50.3 Å². The molecule has 0 aliphatic heterocycles. The maximum Gasteiger partial charge on any atom is 0.334 e. The molecule has 9 heteroatoms. The van der Waals surface area contributed by atoms with E-state index in [4.69, 9.17) is 39.1 Å². The lowest BCUT2D eigenvalue weighted by molar-refractivity contribution is -0.136. The quantitative estimate of drug-likeness (QED) is 0.282. The van der Waals surface area contributed by atoms with E-state index in [0.717, 1.165) is 18.9 Å². The number of halogens is 3. The lowest BCUT2D eigenvalue weighted by atomic mass is 9.90. The van der Waals surface area contributed by atoms with Crippen molar-refractivity contribution in [1.82, 2.24) is 4.98 Å². The SMILES string of the molecule is C#CC(C)Oc1cc(N(Cc2ccc(Cl)nc2)C(=O)C2=C(C(=O)OC)CCCC2)c(F)cc1Cl. The van der Waals surface area contributed by atoms with Crippen LogP contribution in [0.3, 0.4) is 0 Å². The fourth-order valence-electron chi connectivity index (χ4n) is 3.64. The number of methoxy groups -OCH3 is 1. The topological polar surface area (TPSA) is 68.7 Å². The molecule has 1 heterocycles. The summed E-state index contributed by atoms with van der Waals surface area (Å²) < 4.78 is 25.7. The first-order valence-electron chi connectivity index (χ1n) is 10.6. The smallest absolute Gasteiger partial charge is 0.334 e.